The molecule has 23 heavy (non-hydrogen) atoms. The second-order valence-electron chi connectivity index (χ2n) is 5.47. The number of aliphatic imine (C=N–C) groups is 1. The monoisotopic (exact) mass is 449 g/mol. The van der Waals surface area contributed by atoms with Gasteiger partial charge in [0.2, 0.25) is 0 Å². The van der Waals surface area contributed by atoms with Crippen molar-refractivity contribution < 1.29 is 4.74 Å². The molecule has 0 aliphatic carbocycles. The van der Waals surface area contributed by atoms with E-state index in [2.05, 4.69) is 25.9 Å². The summed E-state index contributed by atoms with van der Waals surface area (Å²) in [6, 6.07) is 0. The van der Waals surface area contributed by atoms with E-state index in [0.717, 1.165) is 63.9 Å². The van der Waals surface area contributed by atoms with Gasteiger partial charge in [0.25, 0.3) is 0 Å². The Balaban J connectivity index is 0.00000192. The first-order valence-corrected chi connectivity index (χ1v) is 8.66. The van der Waals surface area contributed by atoms with Crippen LogP contribution in [0.15, 0.2) is 28.2 Å². The van der Waals surface area contributed by atoms with Crippen LogP contribution in [-0.4, -0.2) is 61.8 Å². The molecule has 1 fully saturated rings. The van der Waals surface area contributed by atoms with Crippen molar-refractivity contribution in [2.75, 3.05) is 50.8 Å². The molecule has 0 bridgehead atoms. The highest BCUT2D eigenvalue weighted by molar-refractivity contribution is 14.0. The van der Waals surface area contributed by atoms with Crippen LogP contribution in [0.4, 0.5) is 5.13 Å². The summed E-state index contributed by atoms with van der Waals surface area (Å²) < 4.78 is 5.31. The minimum absolute atomic E-state index is 0. The summed E-state index contributed by atoms with van der Waals surface area (Å²) in [7, 11) is 0. The standard InChI is InChI=1S/C15H23N5OS.HI/c16-14(17-4-1-13-2-10-21-11-3-13)19-6-8-20(9-7-19)15-18-5-12-22-15;/h2,5,12H,1,3-4,6-11H2,(H2,16,17);1H. The molecule has 1 aromatic rings. The van der Waals surface area contributed by atoms with Crippen molar-refractivity contribution in [2.24, 2.45) is 10.7 Å². The average molecular weight is 449 g/mol. The third-order valence-electron chi connectivity index (χ3n) is 4.06. The van der Waals surface area contributed by atoms with Crippen molar-refractivity contribution in [1.82, 2.24) is 9.88 Å². The highest BCUT2D eigenvalue weighted by atomic mass is 127. The Bertz CT molecular complexity index is 526. The summed E-state index contributed by atoms with van der Waals surface area (Å²) in [5.41, 5.74) is 7.57. The van der Waals surface area contributed by atoms with Crippen LogP contribution in [0, 0.1) is 0 Å². The number of aromatic nitrogens is 1. The van der Waals surface area contributed by atoms with E-state index in [0.29, 0.717) is 5.96 Å². The molecule has 0 amide bonds. The van der Waals surface area contributed by atoms with Crippen LogP contribution in [-0.2, 0) is 4.74 Å². The van der Waals surface area contributed by atoms with Gasteiger partial charge >= 0.3 is 0 Å². The van der Waals surface area contributed by atoms with Gasteiger partial charge in [0.15, 0.2) is 11.1 Å². The van der Waals surface area contributed by atoms with Crippen LogP contribution in [0.1, 0.15) is 12.8 Å². The Kier molecular flexibility index (Phi) is 7.57. The minimum atomic E-state index is 0. The van der Waals surface area contributed by atoms with Crippen LogP contribution in [0.25, 0.3) is 0 Å². The zero-order valence-electron chi connectivity index (χ0n) is 13.2. The molecule has 2 N–H and O–H groups in total. The topological polar surface area (TPSA) is 67.0 Å². The molecule has 0 aromatic carbocycles. The average Bonchev–Trinajstić information content (AvgIpc) is 3.10. The summed E-state index contributed by atoms with van der Waals surface area (Å²) in [5, 5.41) is 3.12. The minimum Gasteiger partial charge on any atom is -0.377 e. The molecule has 0 radical (unpaired) electrons. The molecule has 8 heteroatoms. The number of hydrogen-bond acceptors (Lipinski definition) is 5. The molecule has 2 aliphatic rings. The second kappa shape index (κ2) is 9.43. The first-order valence-electron chi connectivity index (χ1n) is 7.78. The van der Waals surface area contributed by atoms with Gasteiger partial charge in [0.05, 0.1) is 13.2 Å². The molecular formula is C15H24IN5OS. The van der Waals surface area contributed by atoms with Gasteiger partial charge in [0, 0.05) is 44.3 Å². The highest BCUT2D eigenvalue weighted by Gasteiger charge is 2.19. The van der Waals surface area contributed by atoms with Gasteiger partial charge in [0.1, 0.15) is 0 Å². The van der Waals surface area contributed by atoms with Crippen LogP contribution in [0.2, 0.25) is 0 Å². The molecule has 1 aromatic heterocycles. The Morgan fingerprint density at radius 1 is 1.35 bits per heavy atom. The van der Waals surface area contributed by atoms with Crippen LogP contribution >= 0.6 is 35.3 Å². The largest absolute Gasteiger partial charge is 0.377 e. The van der Waals surface area contributed by atoms with Gasteiger partial charge in [-0.05, 0) is 12.8 Å². The van der Waals surface area contributed by atoms with E-state index >= 15 is 0 Å². The number of thiazole rings is 1. The smallest absolute Gasteiger partial charge is 0.191 e. The van der Waals surface area contributed by atoms with E-state index in [-0.39, 0.29) is 24.0 Å². The molecule has 128 valence electrons. The van der Waals surface area contributed by atoms with Crippen molar-refractivity contribution in [1.29, 1.82) is 0 Å². The van der Waals surface area contributed by atoms with E-state index in [4.69, 9.17) is 10.5 Å². The number of piperazine rings is 1. The molecule has 3 heterocycles. The van der Waals surface area contributed by atoms with E-state index in [9.17, 15) is 0 Å². The lowest BCUT2D eigenvalue weighted by Crippen LogP contribution is -2.51. The molecule has 0 atom stereocenters. The Morgan fingerprint density at radius 3 is 2.83 bits per heavy atom. The molecule has 2 aliphatic heterocycles. The molecule has 0 unspecified atom stereocenters. The first kappa shape index (κ1) is 18.5. The van der Waals surface area contributed by atoms with Crippen molar-refractivity contribution in [3.05, 3.63) is 23.2 Å². The number of ether oxygens (including phenoxy) is 1. The predicted molar refractivity (Wildman–Crippen MR) is 106 cm³/mol. The summed E-state index contributed by atoms with van der Waals surface area (Å²) in [6.45, 7) is 6.07. The lowest BCUT2D eigenvalue weighted by molar-refractivity contribution is 0.153. The van der Waals surface area contributed by atoms with Crippen LogP contribution in [0.5, 0.6) is 0 Å². The summed E-state index contributed by atoms with van der Waals surface area (Å²) in [5.74, 6) is 0.673. The van der Waals surface area contributed by atoms with Crippen LogP contribution in [0.3, 0.4) is 0 Å². The third kappa shape index (κ3) is 5.32. The molecule has 0 saturated carbocycles. The number of rotatable bonds is 4. The third-order valence-corrected chi connectivity index (χ3v) is 4.89. The SMILES string of the molecule is I.NC(=NCCC1=CCOCC1)N1CCN(c2nccs2)CC1. The van der Waals surface area contributed by atoms with Crippen molar-refractivity contribution in [3.63, 3.8) is 0 Å². The Hall–Kier alpha value is -0.870. The van der Waals surface area contributed by atoms with Gasteiger partial charge in [-0.2, -0.15) is 0 Å². The van der Waals surface area contributed by atoms with Crippen molar-refractivity contribution in [3.8, 4) is 0 Å². The van der Waals surface area contributed by atoms with E-state index in [1.165, 1.54) is 5.57 Å². The maximum absolute atomic E-state index is 6.13. The van der Waals surface area contributed by atoms with Crippen molar-refractivity contribution in [2.45, 2.75) is 12.8 Å². The lowest BCUT2D eigenvalue weighted by Gasteiger charge is -2.35. The fraction of sp³-hybridized carbons (Fsp3) is 0.600. The highest BCUT2D eigenvalue weighted by Crippen LogP contribution is 2.18. The van der Waals surface area contributed by atoms with Crippen molar-refractivity contribution >= 4 is 46.4 Å². The summed E-state index contributed by atoms with van der Waals surface area (Å²) >= 11 is 1.69. The molecule has 3 rings (SSSR count). The maximum atomic E-state index is 6.13. The maximum Gasteiger partial charge on any atom is 0.191 e. The molecule has 6 nitrogen and oxygen atoms in total. The van der Waals surface area contributed by atoms with Gasteiger partial charge in [-0.3, -0.25) is 4.99 Å². The van der Waals surface area contributed by atoms with E-state index < -0.39 is 0 Å². The normalized spacial score (nSPS) is 19.3. The Labute approximate surface area is 158 Å². The number of halogens is 1. The number of hydrogen-bond donors (Lipinski definition) is 1. The molecule has 0 spiro atoms. The zero-order chi connectivity index (χ0) is 15.2. The number of guanidine groups is 1. The fourth-order valence-electron chi connectivity index (χ4n) is 2.71. The second-order valence-corrected chi connectivity index (χ2v) is 6.34. The van der Waals surface area contributed by atoms with Gasteiger partial charge in [-0.15, -0.1) is 35.3 Å². The quantitative estimate of drug-likeness (QED) is 0.330. The number of anilines is 1. The van der Waals surface area contributed by atoms with Gasteiger partial charge < -0.3 is 20.3 Å². The first-order chi connectivity index (χ1) is 10.8. The zero-order valence-corrected chi connectivity index (χ0v) is 16.3. The lowest BCUT2D eigenvalue weighted by atomic mass is 10.1. The fourth-order valence-corrected chi connectivity index (χ4v) is 3.40. The van der Waals surface area contributed by atoms with Crippen LogP contribution < -0.4 is 10.6 Å². The Morgan fingerprint density at radius 2 is 2.17 bits per heavy atom. The van der Waals surface area contributed by atoms with Gasteiger partial charge in [-0.25, -0.2) is 4.98 Å². The number of nitrogens with two attached hydrogens (primary N) is 1. The number of nitrogens with zero attached hydrogens (tertiary/aromatic N) is 4. The predicted octanol–water partition coefficient (Wildman–Crippen LogP) is 1.93. The summed E-state index contributed by atoms with van der Waals surface area (Å²) in [6.07, 6.45) is 6.04. The molecular weight excluding hydrogens is 425 g/mol. The summed E-state index contributed by atoms with van der Waals surface area (Å²) in [4.78, 5) is 13.4. The van der Waals surface area contributed by atoms with E-state index in [1.807, 2.05) is 11.6 Å². The molecule has 1 saturated heterocycles. The van der Waals surface area contributed by atoms with E-state index in [1.54, 1.807) is 11.3 Å². The van der Waals surface area contributed by atoms with Gasteiger partial charge in [-0.1, -0.05) is 11.6 Å².